The molecular weight excluding hydrogens is 516 g/mol. The average Bonchev–Trinajstić information content (AvgIpc) is 3.50. The van der Waals surface area contributed by atoms with E-state index in [1.807, 2.05) is 42.5 Å². The van der Waals surface area contributed by atoms with Crippen LogP contribution in [0.4, 0.5) is 0 Å². The van der Waals surface area contributed by atoms with Crippen molar-refractivity contribution in [3.05, 3.63) is 83.7 Å². The monoisotopic (exact) mass is 552 g/mol. The SMILES string of the molecule is O=C(O)C1(Cc2ccccn2)CCN(Cc2ccc(-c3noc(-c4ccc(C5CCCCC5)c(O)c4)n3)cc2)CC1. The van der Waals surface area contributed by atoms with E-state index in [0.717, 1.165) is 54.9 Å². The van der Waals surface area contributed by atoms with Gasteiger partial charge in [-0.3, -0.25) is 14.7 Å². The topological polar surface area (TPSA) is 113 Å². The first-order valence-electron chi connectivity index (χ1n) is 14.6. The smallest absolute Gasteiger partial charge is 0.310 e. The Hall–Kier alpha value is -4.04. The van der Waals surface area contributed by atoms with Gasteiger partial charge < -0.3 is 14.7 Å². The fourth-order valence-corrected chi connectivity index (χ4v) is 6.37. The minimum Gasteiger partial charge on any atom is -0.508 e. The molecule has 2 N–H and O–H groups in total. The van der Waals surface area contributed by atoms with E-state index in [2.05, 4.69) is 32.2 Å². The maximum Gasteiger partial charge on any atom is 0.310 e. The average molecular weight is 553 g/mol. The summed E-state index contributed by atoms with van der Waals surface area (Å²) < 4.78 is 5.55. The van der Waals surface area contributed by atoms with Crippen LogP contribution in [0.15, 0.2) is 71.4 Å². The number of aliphatic carboxylic acids is 1. The van der Waals surface area contributed by atoms with Gasteiger partial charge in [0, 0.05) is 36.0 Å². The lowest BCUT2D eigenvalue weighted by Crippen LogP contribution is -2.45. The van der Waals surface area contributed by atoms with E-state index in [4.69, 9.17) is 4.52 Å². The summed E-state index contributed by atoms with van der Waals surface area (Å²) in [5.41, 5.74) is 3.79. The lowest BCUT2D eigenvalue weighted by Gasteiger charge is -2.38. The van der Waals surface area contributed by atoms with Gasteiger partial charge >= 0.3 is 5.97 Å². The van der Waals surface area contributed by atoms with Crippen LogP contribution in [0, 0.1) is 5.41 Å². The van der Waals surface area contributed by atoms with Gasteiger partial charge in [-0.2, -0.15) is 4.98 Å². The zero-order valence-electron chi connectivity index (χ0n) is 23.2. The van der Waals surface area contributed by atoms with Crippen molar-refractivity contribution in [3.63, 3.8) is 0 Å². The van der Waals surface area contributed by atoms with Crippen LogP contribution in [0.1, 0.15) is 67.7 Å². The molecule has 0 amide bonds. The highest BCUT2D eigenvalue weighted by Crippen LogP contribution is 2.39. The molecule has 1 saturated carbocycles. The van der Waals surface area contributed by atoms with Gasteiger partial charge in [-0.15, -0.1) is 0 Å². The highest BCUT2D eigenvalue weighted by Gasteiger charge is 2.41. The fraction of sp³-hybridized carbons (Fsp3) is 0.394. The molecule has 8 heteroatoms. The number of hydrogen-bond donors (Lipinski definition) is 2. The summed E-state index contributed by atoms with van der Waals surface area (Å²) in [5.74, 6) is 0.873. The Morgan fingerprint density at radius 1 is 0.976 bits per heavy atom. The first-order valence-corrected chi connectivity index (χ1v) is 14.6. The van der Waals surface area contributed by atoms with Crippen LogP contribution in [-0.2, 0) is 17.8 Å². The molecule has 41 heavy (non-hydrogen) atoms. The highest BCUT2D eigenvalue weighted by atomic mass is 16.5. The third kappa shape index (κ3) is 6.03. The Labute approximate surface area is 240 Å². The van der Waals surface area contributed by atoms with Crippen molar-refractivity contribution in [1.82, 2.24) is 20.0 Å². The summed E-state index contributed by atoms with van der Waals surface area (Å²) in [4.78, 5) is 23.5. The third-order valence-electron chi connectivity index (χ3n) is 8.88. The molecule has 0 unspecified atom stereocenters. The van der Waals surface area contributed by atoms with E-state index in [9.17, 15) is 15.0 Å². The summed E-state index contributed by atoms with van der Waals surface area (Å²) >= 11 is 0. The summed E-state index contributed by atoms with van der Waals surface area (Å²) in [7, 11) is 0. The minimum absolute atomic E-state index is 0.300. The van der Waals surface area contributed by atoms with Crippen molar-refractivity contribution in [2.24, 2.45) is 5.41 Å². The first kappa shape index (κ1) is 27.1. The molecule has 1 aliphatic heterocycles. The number of carboxylic acids is 1. The molecule has 2 aliphatic rings. The van der Waals surface area contributed by atoms with Crippen molar-refractivity contribution < 1.29 is 19.5 Å². The van der Waals surface area contributed by atoms with Gasteiger partial charge in [0.05, 0.1) is 5.41 Å². The lowest BCUT2D eigenvalue weighted by molar-refractivity contribution is -0.152. The van der Waals surface area contributed by atoms with E-state index >= 15 is 0 Å². The number of aromatic hydroxyl groups is 1. The van der Waals surface area contributed by atoms with Crippen molar-refractivity contribution in [2.75, 3.05) is 13.1 Å². The number of carboxylic acid groups (broad SMARTS) is 1. The van der Waals surface area contributed by atoms with E-state index in [-0.39, 0.29) is 0 Å². The number of carbonyl (C=O) groups is 1. The molecule has 2 aromatic heterocycles. The molecule has 0 bridgehead atoms. The minimum atomic E-state index is -0.766. The summed E-state index contributed by atoms with van der Waals surface area (Å²) in [6, 6.07) is 19.4. The van der Waals surface area contributed by atoms with Crippen LogP contribution in [0.2, 0.25) is 0 Å². The number of hydrogen-bond acceptors (Lipinski definition) is 7. The molecule has 8 nitrogen and oxygen atoms in total. The second-order valence-electron chi connectivity index (χ2n) is 11.6. The normalized spacial score (nSPS) is 17.9. The standard InChI is InChI=1S/C33H36N4O4/c38-29-20-26(13-14-28(29)24-6-2-1-3-7-24)31-35-30(36-41-31)25-11-9-23(10-12-25)22-37-18-15-33(16-19-37,32(39)40)21-27-8-4-5-17-34-27/h4-5,8-14,17,20,24,38H,1-3,6-7,15-16,18-19,21-22H2,(H,39,40). The Bertz CT molecular complexity index is 1470. The molecule has 2 fully saturated rings. The van der Waals surface area contributed by atoms with E-state index in [1.54, 1.807) is 12.3 Å². The van der Waals surface area contributed by atoms with Gasteiger partial charge in [0.1, 0.15) is 5.75 Å². The molecule has 1 aliphatic carbocycles. The number of benzene rings is 2. The van der Waals surface area contributed by atoms with Crippen LogP contribution in [0.3, 0.4) is 0 Å². The third-order valence-corrected chi connectivity index (χ3v) is 8.88. The molecule has 6 rings (SSSR count). The van der Waals surface area contributed by atoms with E-state index in [0.29, 0.717) is 48.2 Å². The van der Waals surface area contributed by atoms with Gasteiger partial charge in [0.15, 0.2) is 0 Å². The van der Waals surface area contributed by atoms with Crippen molar-refractivity contribution in [3.8, 4) is 28.6 Å². The Morgan fingerprint density at radius 3 is 2.41 bits per heavy atom. The number of aromatic nitrogens is 3. The Kier molecular flexibility index (Phi) is 7.83. The number of phenols is 1. The van der Waals surface area contributed by atoms with Gasteiger partial charge in [0.2, 0.25) is 5.82 Å². The number of rotatable bonds is 8. The second kappa shape index (κ2) is 11.8. The fourth-order valence-electron chi connectivity index (χ4n) is 6.37. The molecule has 0 spiro atoms. The molecule has 2 aromatic carbocycles. The van der Waals surface area contributed by atoms with Gasteiger partial charge in [-0.25, -0.2) is 0 Å². The van der Waals surface area contributed by atoms with Crippen LogP contribution in [0.5, 0.6) is 5.75 Å². The number of likely N-dealkylation sites (tertiary alicyclic amines) is 1. The number of piperidine rings is 1. The quantitative estimate of drug-likeness (QED) is 0.256. The maximum absolute atomic E-state index is 12.2. The van der Waals surface area contributed by atoms with E-state index in [1.165, 1.54) is 19.3 Å². The van der Waals surface area contributed by atoms with Crippen molar-refractivity contribution in [1.29, 1.82) is 0 Å². The number of nitrogens with zero attached hydrogens (tertiary/aromatic N) is 4. The second-order valence-corrected chi connectivity index (χ2v) is 11.6. The number of pyridine rings is 1. The van der Waals surface area contributed by atoms with Crippen LogP contribution in [-0.4, -0.2) is 49.3 Å². The van der Waals surface area contributed by atoms with Gasteiger partial charge in [-0.05, 0) is 80.1 Å². The summed E-state index contributed by atoms with van der Waals surface area (Å²) in [6.07, 6.45) is 9.34. The molecule has 1 saturated heterocycles. The Balaban J connectivity index is 1.07. The first-order chi connectivity index (χ1) is 20.0. The van der Waals surface area contributed by atoms with Crippen LogP contribution in [0.25, 0.3) is 22.8 Å². The van der Waals surface area contributed by atoms with Crippen molar-refractivity contribution in [2.45, 2.75) is 63.8 Å². The zero-order valence-corrected chi connectivity index (χ0v) is 23.2. The zero-order chi connectivity index (χ0) is 28.2. The molecule has 3 heterocycles. The predicted molar refractivity (Wildman–Crippen MR) is 155 cm³/mol. The van der Waals surface area contributed by atoms with Gasteiger partial charge in [0.25, 0.3) is 5.89 Å². The van der Waals surface area contributed by atoms with Crippen molar-refractivity contribution >= 4 is 5.97 Å². The predicted octanol–water partition coefficient (Wildman–Crippen LogP) is 6.46. The van der Waals surface area contributed by atoms with Crippen LogP contribution < -0.4 is 0 Å². The molecule has 0 radical (unpaired) electrons. The number of phenolic OH excluding ortho intramolecular Hbond substituents is 1. The molecule has 0 atom stereocenters. The lowest BCUT2D eigenvalue weighted by atomic mass is 9.74. The summed E-state index contributed by atoms with van der Waals surface area (Å²) in [5, 5.41) is 24.9. The molecule has 4 aromatic rings. The van der Waals surface area contributed by atoms with Gasteiger partial charge in [-0.1, -0.05) is 60.8 Å². The largest absolute Gasteiger partial charge is 0.508 e. The highest BCUT2D eigenvalue weighted by molar-refractivity contribution is 5.75. The molecular formula is C33H36N4O4. The molecule has 212 valence electrons. The Morgan fingerprint density at radius 2 is 1.73 bits per heavy atom. The van der Waals surface area contributed by atoms with E-state index < -0.39 is 11.4 Å². The maximum atomic E-state index is 12.2. The van der Waals surface area contributed by atoms with Crippen LogP contribution >= 0.6 is 0 Å². The summed E-state index contributed by atoms with van der Waals surface area (Å²) in [6.45, 7) is 2.20.